The highest BCUT2D eigenvalue weighted by Crippen LogP contribution is 2.19. The minimum absolute atomic E-state index is 0. The van der Waals surface area contributed by atoms with E-state index in [1.54, 1.807) is 0 Å². The number of terminal acetylenes is 1. The fourth-order valence-corrected chi connectivity index (χ4v) is 2.76. The van der Waals surface area contributed by atoms with E-state index in [9.17, 15) is 4.79 Å². The molecule has 1 aliphatic heterocycles. The fraction of sp³-hybridized carbons (Fsp3) is 0.474. The molecule has 0 atom stereocenters. The number of halogens is 1. The van der Waals surface area contributed by atoms with E-state index in [0.29, 0.717) is 25.5 Å². The summed E-state index contributed by atoms with van der Waals surface area (Å²) in [6.07, 6.45) is 7.45. The molecule has 0 saturated carbocycles. The highest BCUT2D eigenvalue weighted by molar-refractivity contribution is 14.0. The number of carbonyl (C=O) groups excluding carboxylic acids is 1. The van der Waals surface area contributed by atoms with Crippen molar-refractivity contribution >= 4 is 35.8 Å². The van der Waals surface area contributed by atoms with Crippen LogP contribution in [0.5, 0.6) is 0 Å². The molecule has 1 aromatic carbocycles. The number of carbonyl (C=O) groups is 1. The highest BCUT2D eigenvalue weighted by Gasteiger charge is 2.19. The second kappa shape index (κ2) is 11.7. The van der Waals surface area contributed by atoms with Crippen LogP contribution in [0.15, 0.2) is 29.3 Å². The van der Waals surface area contributed by atoms with Gasteiger partial charge in [-0.3, -0.25) is 9.79 Å². The summed E-state index contributed by atoms with van der Waals surface area (Å²) in [5.74, 6) is 3.44. The summed E-state index contributed by atoms with van der Waals surface area (Å²) in [6.45, 7) is 5.37. The molecule has 2 N–H and O–H groups in total. The largest absolute Gasteiger partial charge is 0.357 e. The molecule has 0 radical (unpaired) electrons. The molecule has 0 fully saturated rings. The molecule has 0 unspecified atom stereocenters. The molecule has 2 rings (SSSR count). The van der Waals surface area contributed by atoms with Crippen LogP contribution < -0.4 is 10.6 Å². The first-order chi connectivity index (χ1) is 11.7. The summed E-state index contributed by atoms with van der Waals surface area (Å²) in [5.41, 5.74) is 2.63. The smallest absolute Gasteiger partial charge is 0.222 e. The van der Waals surface area contributed by atoms with Crippen LogP contribution >= 0.6 is 24.0 Å². The predicted octanol–water partition coefficient (Wildman–Crippen LogP) is 2.16. The molecule has 0 saturated heterocycles. The van der Waals surface area contributed by atoms with E-state index >= 15 is 0 Å². The van der Waals surface area contributed by atoms with E-state index in [1.807, 2.05) is 17.9 Å². The molecule has 5 nitrogen and oxygen atoms in total. The number of benzene rings is 1. The van der Waals surface area contributed by atoms with Gasteiger partial charge in [0.25, 0.3) is 0 Å². The van der Waals surface area contributed by atoms with Crippen molar-refractivity contribution in [2.45, 2.75) is 32.7 Å². The maximum atomic E-state index is 12.4. The summed E-state index contributed by atoms with van der Waals surface area (Å²) in [5, 5.41) is 6.17. The first kappa shape index (κ1) is 21.3. The van der Waals surface area contributed by atoms with Crippen LogP contribution in [-0.4, -0.2) is 42.9 Å². The van der Waals surface area contributed by atoms with Crippen molar-refractivity contribution < 1.29 is 4.79 Å². The third-order valence-corrected chi connectivity index (χ3v) is 4.00. The van der Waals surface area contributed by atoms with Crippen LogP contribution in [0.2, 0.25) is 0 Å². The zero-order chi connectivity index (χ0) is 17.2. The van der Waals surface area contributed by atoms with E-state index < -0.39 is 0 Å². The monoisotopic (exact) mass is 454 g/mol. The van der Waals surface area contributed by atoms with Gasteiger partial charge in [-0.1, -0.05) is 30.2 Å². The van der Waals surface area contributed by atoms with Gasteiger partial charge in [-0.2, -0.15) is 0 Å². The molecular formula is C19H27IN4O. The second-order valence-electron chi connectivity index (χ2n) is 5.76. The maximum Gasteiger partial charge on any atom is 0.222 e. The molecule has 0 bridgehead atoms. The van der Waals surface area contributed by atoms with Gasteiger partial charge in [0.1, 0.15) is 0 Å². The average Bonchev–Trinajstić information content (AvgIpc) is 2.62. The predicted molar refractivity (Wildman–Crippen MR) is 113 cm³/mol. The molecular weight excluding hydrogens is 427 g/mol. The van der Waals surface area contributed by atoms with Crippen LogP contribution in [0.25, 0.3) is 0 Å². The second-order valence-corrected chi connectivity index (χ2v) is 5.76. The van der Waals surface area contributed by atoms with E-state index in [1.165, 1.54) is 11.1 Å². The lowest BCUT2D eigenvalue weighted by Crippen LogP contribution is -2.37. The highest BCUT2D eigenvalue weighted by atomic mass is 127. The number of nitrogens with zero attached hydrogens (tertiary/aromatic N) is 2. The molecule has 1 heterocycles. The lowest BCUT2D eigenvalue weighted by Gasteiger charge is -2.28. The van der Waals surface area contributed by atoms with Crippen LogP contribution in [0.3, 0.4) is 0 Å². The van der Waals surface area contributed by atoms with E-state index in [2.05, 4.69) is 39.7 Å². The number of rotatable bonds is 6. The summed E-state index contributed by atoms with van der Waals surface area (Å²) in [6, 6.07) is 8.35. The molecule has 6 heteroatoms. The minimum Gasteiger partial charge on any atom is -0.357 e. The first-order valence-electron chi connectivity index (χ1n) is 8.54. The first-order valence-corrected chi connectivity index (χ1v) is 8.54. The van der Waals surface area contributed by atoms with Gasteiger partial charge in [-0.15, -0.1) is 30.4 Å². The Labute approximate surface area is 167 Å². The van der Waals surface area contributed by atoms with E-state index in [0.717, 1.165) is 32.5 Å². The molecule has 136 valence electrons. The van der Waals surface area contributed by atoms with Crippen molar-refractivity contribution in [2.75, 3.05) is 26.2 Å². The van der Waals surface area contributed by atoms with Crippen molar-refractivity contribution in [1.29, 1.82) is 0 Å². The van der Waals surface area contributed by atoms with Gasteiger partial charge in [0, 0.05) is 32.6 Å². The molecule has 0 spiro atoms. The molecule has 0 aromatic heterocycles. The quantitative estimate of drug-likeness (QED) is 0.228. The Morgan fingerprint density at radius 1 is 1.32 bits per heavy atom. The summed E-state index contributed by atoms with van der Waals surface area (Å²) >= 11 is 0. The number of hydrogen-bond acceptors (Lipinski definition) is 2. The van der Waals surface area contributed by atoms with Crippen molar-refractivity contribution in [3.8, 4) is 12.3 Å². The fourth-order valence-electron chi connectivity index (χ4n) is 2.76. The normalized spacial score (nSPS) is 13.3. The zero-order valence-corrected chi connectivity index (χ0v) is 17.1. The number of guanidine groups is 1. The van der Waals surface area contributed by atoms with Crippen LogP contribution in [-0.2, 0) is 17.8 Å². The van der Waals surface area contributed by atoms with Crippen LogP contribution in [0.1, 0.15) is 30.9 Å². The Morgan fingerprint density at radius 2 is 2.08 bits per heavy atom. The van der Waals surface area contributed by atoms with Gasteiger partial charge >= 0.3 is 0 Å². The van der Waals surface area contributed by atoms with Crippen molar-refractivity contribution in [3.05, 3.63) is 35.4 Å². The van der Waals surface area contributed by atoms with Gasteiger partial charge in [-0.05, 0) is 30.9 Å². The number of amides is 1. The Morgan fingerprint density at radius 3 is 2.80 bits per heavy atom. The number of fused-ring (bicyclic) bond motifs is 1. The van der Waals surface area contributed by atoms with Gasteiger partial charge < -0.3 is 15.5 Å². The summed E-state index contributed by atoms with van der Waals surface area (Å²) < 4.78 is 0. The van der Waals surface area contributed by atoms with Crippen molar-refractivity contribution in [1.82, 2.24) is 15.5 Å². The lowest BCUT2D eigenvalue weighted by atomic mass is 9.99. The van der Waals surface area contributed by atoms with Crippen molar-refractivity contribution in [3.63, 3.8) is 0 Å². The average molecular weight is 454 g/mol. The van der Waals surface area contributed by atoms with Gasteiger partial charge in [-0.25, -0.2) is 0 Å². The van der Waals surface area contributed by atoms with E-state index in [4.69, 9.17) is 6.42 Å². The molecule has 1 aromatic rings. The summed E-state index contributed by atoms with van der Waals surface area (Å²) in [7, 11) is 0. The van der Waals surface area contributed by atoms with Crippen LogP contribution in [0, 0.1) is 12.3 Å². The van der Waals surface area contributed by atoms with Gasteiger partial charge in [0.15, 0.2) is 5.96 Å². The third-order valence-electron chi connectivity index (χ3n) is 4.00. The SMILES string of the molecule is C#CCNC(=NCCCC(=O)N1CCc2ccccc2C1)NCC.I. The van der Waals surface area contributed by atoms with Gasteiger partial charge in [0.05, 0.1) is 6.54 Å². The maximum absolute atomic E-state index is 12.4. The minimum atomic E-state index is 0. The standard InChI is InChI=1S/C19H26N4O.HI/c1-3-12-21-19(20-4-2)22-13-7-10-18(24)23-14-11-16-8-5-6-9-17(16)15-23;/h1,5-6,8-9H,4,7,10-15H2,2H3,(H2,20,21,22);1H. The molecule has 25 heavy (non-hydrogen) atoms. The van der Waals surface area contributed by atoms with Crippen LogP contribution in [0.4, 0.5) is 0 Å². The molecule has 1 amide bonds. The Hall–Kier alpha value is -1.75. The van der Waals surface area contributed by atoms with Crippen molar-refractivity contribution in [2.24, 2.45) is 4.99 Å². The Bertz CT molecular complexity index is 624. The molecule has 1 aliphatic rings. The Kier molecular flexibility index (Phi) is 10.0. The third kappa shape index (κ3) is 6.94. The number of nitrogens with one attached hydrogen (secondary N) is 2. The number of aliphatic imine (C=N–C) groups is 1. The topological polar surface area (TPSA) is 56.7 Å². The number of hydrogen-bond donors (Lipinski definition) is 2. The molecule has 0 aliphatic carbocycles. The lowest BCUT2D eigenvalue weighted by molar-refractivity contribution is -0.132. The van der Waals surface area contributed by atoms with Gasteiger partial charge in [0.2, 0.25) is 5.91 Å². The zero-order valence-electron chi connectivity index (χ0n) is 14.8. The Balaban J connectivity index is 0.00000312. The summed E-state index contributed by atoms with van der Waals surface area (Å²) in [4.78, 5) is 18.8. The van der Waals surface area contributed by atoms with E-state index in [-0.39, 0.29) is 29.9 Å².